The van der Waals surface area contributed by atoms with Gasteiger partial charge < -0.3 is 40.4 Å². The number of aliphatic hydroxyl groups is 2. The van der Waals surface area contributed by atoms with Crippen LogP contribution in [0.25, 0.3) is 0 Å². The van der Waals surface area contributed by atoms with E-state index >= 15 is 0 Å². The van der Waals surface area contributed by atoms with Crippen LogP contribution in [0.3, 0.4) is 0 Å². The second-order valence-corrected chi connectivity index (χ2v) is 10.9. The molecule has 12 nitrogen and oxygen atoms in total. The number of carbonyl (C=O) groups is 4. The van der Waals surface area contributed by atoms with Crippen LogP contribution in [-0.2, 0) is 23.8 Å². The summed E-state index contributed by atoms with van der Waals surface area (Å²) in [6.45, 7) is 2.83. The molecular weight excluding hydrogens is 538 g/mol. The highest BCUT2D eigenvalue weighted by Crippen LogP contribution is 2.54. The average Bonchev–Trinajstić information content (AvgIpc) is 2.88. The fourth-order valence-corrected chi connectivity index (χ4v) is 6.30. The van der Waals surface area contributed by atoms with Crippen molar-refractivity contribution in [2.75, 3.05) is 7.11 Å². The van der Waals surface area contributed by atoms with Crippen LogP contribution < -0.4 is 5.73 Å². The van der Waals surface area contributed by atoms with Gasteiger partial charge in [0.15, 0.2) is 12.1 Å². The number of methoxy groups -OCH3 is 1. The van der Waals surface area contributed by atoms with Crippen LogP contribution in [0.15, 0.2) is 24.3 Å². The molecule has 0 radical (unpaired) electrons. The summed E-state index contributed by atoms with van der Waals surface area (Å²) in [4.78, 5) is 52.5. The first-order valence-corrected chi connectivity index (χ1v) is 13.1. The van der Waals surface area contributed by atoms with Crippen molar-refractivity contribution in [3.63, 3.8) is 0 Å². The largest absolute Gasteiger partial charge is 0.507 e. The molecule has 5 unspecified atom stereocenters. The van der Waals surface area contributed by atoms with Crippen molar-refractivity contribution in [3.8, 4) is 11.5 Å². The Morgan fingerprint density at radius 2 is 1.85 bits per heavy atom. The van der Waals surface area contributed by atoms with E-state index in [0.717, 1.165) is 7.11 Å². The van der Waals surface area contributed by atoms with Crippen LogP contribution in [0.1, 0.15) is 88.1 Å². The van der Waals surface area contributed by atoms with E-state index in [1.807, 2.05) is 0 Å². The third-order valence-corrected chi connectivity index (χ3v) is 8.13. The number of fused-ring (bicyclic) bond motifs is 3. The van der Waals surface area contributed by atoms with Gasteiger partial charge in [-0.3, -0.25) is 19.2 Å². The van der Waals surface area contributed by atoms with Gasteiger partial charge in [0.25, 0.3) is 0 Å². The molecule has 6 N–H and O–H groups in total. The van der Waals surface area contributed by atoms with Gasteiger partial charge >= 0.3 is 5.97 Å². The molecule has 7 atom stereocenters. The van der Waals surface area contributed by atoms with Crippen molar-refractivity contribution in [3.05, 3.63) is 57.6 Å². The summed E-state index contributed by atoms with van der Waals surface area (Å²) in [6, 6.07) is 4.48. The Hall–Kier alpha value is -3.68. The smallest absolute Gasteiger partial charge is 0.316 e. The number of benzene rings is 2. The molecule has 218 valence electrons. The molecule has 1 aliphatic heterocycles. The lowest BCUT2D eigenvalue weighted by molar-refractivity contribution is -0.248. The predicted octanol–water partition coefficient (Wildman–Crippen LogP) is 1.12. The van der Waals surface area contributed by atoms with Crippen molar-refractivity contribution < 1.29 is 53.8 Å². The van der Waals surface area contributed by atoms with Crippen LogP contribution in [-0.4, -0.2) is 81.0 Å². The Morgan fingerprint density at radius 3 is 2.49 bits per heavy atom. The molecule has 1 heterocycles. The van der Waals surface area contributed by atoms with E-state index in [0.29, 0.717) is 0 Å². The van der Waals surface area contributed by atoms with E-state index < -0.39 is 95.4 Å². The maximum Gasteiger partial charge on any atom is 0.316 e. The molecule has 12 heteroatoms. The number of nitrogens with two attached hydrogens (primary N) is 1. The molecule has 2 aromatic carbocycles. The molecule has 3 aliphatic rings. The molecule has 0 bridgehead atoms. The highest BCUT2D eigenvalue weighted by Gasteiger charge is 2.54. The lowest BCUT2D eigenvalue weighted by atomic mass is 9.66. The quantitative estimate of drug-likeness (QED) is 0.274. The zero-order chi connectivity index (χ0) is 30.0. The highest BCUT2D eigenvalue weighted by molar-refractivity contribution is 6.30. The number of hydrogen-bond acceptors (Lipinski definition) is 12. The van der Waals surface area contributed by atoms with Crippen LogP contribution in [0.5, 0.6) is 11.5 Å². The topological polar surface area (TPSA) is 203 Å². The number of carbonyl (C=O) groups excluding carboxylic acids is 4. The average molecular weight is 570 g/mol. The molecule has 0 amide bonds. The number of phenols is 2. The minimum Gasteiger partial charge on any atom is -0.507 e. The van der Waals surface area contributed by atoms with E-state index in [1.54, 1.807) is 6.92 Å². The molecule has 0 saturated carbocycles. The van der Waals surface area contributed by atoms with Crippen molar-refractivity contribution in [1.82, 2.24) is 0 Å². The van der Waals surface area contributed by atoms with Crippen molar-refractivity contribution in [1.29, 1.82) is 0 Å². The molecule has 1 fully saturated rings. The second-order valence-electron chi connectivity index (χ2n) is 10.9. The standard InChI is InChI=1S/C29H31NO11/c1-11(31)9-29(38)10-18(41-19-8-16(30)24(33)12(2)40-19)21-14(23(29)28(37)39-3)7-15-22(27(21)36)26(35)20-13(25(15)34)5-4-6-17(20)32/h4-7,12,16,18-19,23-24,32-33,36,38H,8-10,30H2,1-3H3/t12?,16?,18-,19?,23-,24?,29?/m0/s1. The maximum absolute atomic E-state index is 13.6. The van der Waals surface area contributed by atoms with E-state index in [1.165, 1.54) is 31.2 Å². The number of Topliss-reactive ketones (excluding diaryl/α,β-unsaturated/α-hetero) is 1. The van der Waals surface area contributed by atoms with Gasteiger partial charge in [-0.25, -0.2) is 0 Å². The SMILES string of the molecule is COC(=O)[C@@H]1c2cc3c(c(O)c2[C@@H](OC2CC(N)C(O)C(C)O2)CC1(O)CC(C)=O)C(=O)c1c(O)cccc1C3=O. The number of esters is 1. The molecule has 41 heavy (non-hydrogen) atoms. The van der Waals surface area contributed by atoms with Crippen LogP contribution in [0.2, 0.25) is 0 Å². The fourth-order valence-electron chi connectivity index (χ4n) is 6.30. The van der Waals surface area contributed by atoms with Crippen molar-refractivity contribution in [2.24, 2.45) is 5.73 Å². The van der Waals surface area contributed by atoms with E-state index in [2.05, 4.69) is 0 Å². The predicted molar refractivity (Wildman–Crippen MR) is 139 cm³/mol. The Morgan fingerprint density at radius 1 is 1.15 bits per heavy atom. The number of ether oxygens (including phenoxy) is 3. The summed E-state index contributed by atoms with van der Waals surface area (Å²) in [7, 11) is 1.09. The molecule has 2 aliphatic carbocycles. The summed E-state index contributed by atoms with van der Waals surface area (Å²) < 4.78 is 16.9. The third kappa shape index (κ3) is 4.61. The molecule has 0 spiro atoms. The lowest BCUT2D eigenvalue weighted by Crippen LogP contribution is -2.53. The van der Waals surface area contributed by atoms with Gasteiger partial charge in [-0.15, -0.1) is 0 Å². The Balaban J connectivity index is 1.73. The molecule has 1 saturated heterocycles. The van der Waals surface area contributed by atoms with Crippen molar-refractivity contribution in [2.45, 2.75) is 75.3 Å². The normalized spacial score (nSPS) is 30.7. The highest BCUT2D eigenvalue weighted by atomic mass is 16.7. The molecule has 5 rings (SSSR count). The maximum atomic E-state index is 13.6. The van der Waals surface area contributed by atoms with Gasteiger partial charge in [0.2, 0.25) is 5.78 Å². The summed E-state index contributed by atoms with van der Waals surface area (Å²) in [5, 5.41) is 44.0. The number of phenolic OH excluding ortho intramolecular Hbond substituents is 2. The summed E-state index contributed by atoms with van der Waals surface area (Å²) in [5.41, 5.74) is 2.80. The lowest BCUT2D eigenvalue weighted by Gasteiger charge is -2.45. The fraction of sp³-hybridized carbons (Fsp3) is 0.448. The van der Waals surface area contributed by atoms with Crippen LogP contribution in [0.4, 0.5) is 0 Å². The Bertz CT molecular complexity index is 1460. The van der Waals surface area contributed by atoms with Gasteiger partial charge in [-0.05, 0) is 31.5 Å². The number of rotatable bonds is 5. The molecular formula is C29H31NO11. The summed E-state index contributed by atoms with van der Waals surface area (Å²) >= 11 is 0. The van der Waals surface area contributed by atoms with E-state index in [4.69, 9.17) is 19.9 Å². The van der Waals surface area contributed by atoms with Gasteiger partial charge in [-0.1, -0.05) is 12.1 Å². The van der Waals surface area contributed by atoms with Crippen LogP contribution in [0, 0.1) is 0 Å². The number of aliphatic hydroxyl groups excluding tert-OH is 1. The minimum absolute atomic E-state index is 0.0350. The van der Waals surface area contributed by atoms with Gasteiger partial charge in [-0.2, -0.15) is 0 Å². The van der Waals surface area contributed by atoms with Crippen LogP contribution >= 0.6 is 0 Å². The van der Waals surface area contributed by atoms with Crippen molar-refractivity contribution >= 4 is 23.3 Å². The first-order valence-electron chi connectivity index (χ1n) is 13.1. The van der Waals surface area contributed by atoms with Gasteiger partial charge in [0, 0.05) is 42.0 Å². The molecule has 0 aromatic heterocycles. The van der Waals surface area contributed by atoms with Gasteiger partial charge in [0.05, 0.1) is 42.1 Å². The first kappa shape index (κ1) is 28.8. The monoisotopic (exact) mass is 569 g/mol. The summed E-state index contributed by atoms with van der Waals surface area (Å²) in [6.07, 6.45) is -4.84. The second kappa shape index (κ2) is 10.3. The van der Waals surface area contributed by atoms with E-state index in [9.17, 15) is 39.6 Å². The number of ketones is 3. The molecule has 2 aromatic rings. The first-order chi connectivity index (χ1) is 19.3. The van der Waals surface area contributed by atoms with Gasteiger partial charge in [0.1, 0.15) is 23.2 Å². The third-order valence-electron chi connectivity index (χ3n) is 8.13. The zero-order valence-corrected chi connectivity index (χ0v) is 22.6. The Kier molecular flexibility index (Phi) is 7.24. The summed E-state index contributed by atoms with van der Waals surface area (Å²) in [5.74, 6) is -5.57. The number of hydrogen-bond donors (Lipinski definition) is 5. The zero-order valence-electron chi connectivity index (χ0n) is 22.6. The minimum atomic E-state index is -2.07. The number of aromatic hydroxyl groups is 2. The Labute approximate surface area is 234 Å². The van der Waals surface area contributed by atoms with E-state index in [-0.39, 0.29) is 34.2 Å².